The van der Waals surface area contributed by atoms with Gasteiger partial charge in [-0.1, -0.05) is 43.6 Å². The van der Waals surface area contributed by atoms with Crippen LogP contribution in [0.5, 0.6) is 0 Å². The van der Waals surface area contributed by atoms with Crippen LogP contribution in [0.15, 0.2) is 35.1 Å². The van der Waals surface area contributed by atoms with E-state index in [9.17, 15) is 14.8 Å². The highest BCUT2D eigenvalue weighted by Crippen LogP contribution is 2.74. The molecule has 0 aromatic rings. The van der Waals surface area contributed by atoms with Crippen molar-refractivity contribution in [3.8, 4) is 0 Å². The second kappa shape index (κ2) is 6.10. The molecule has 0 unspecified atom stereocenters. The van der Waals surface area contributed by atoms with Gasteiger partial charge < -0.3 is 9.47 Å². The Morgan fingerprint density at radius 3 is 2.63 bits per heavy atom. The smallest absolute Gasteiger partial charge is 0.236 e. The molecule has 1 spiro atoms. The van der Waals surface area contributed by atoms with Crippen LogP contribution >= 0.6 is 0 Å². The number of ketones is 2. The SMILES string of the molecule is CO[C@]12OC[C@@H]3[C@@H](/C=C/[Si](C)(C)C)[C@]4(C1=O)C(=CC=C1C(=O)CC[C@@H]14)[C@@](C)(OO)[C@@H]32. The highest BCUT2D eigenvalue weighted by Gasteiger charge is 2.83. The van der Waals surface area contributed by atoms with Crippen molar-refractivity contribution in [2.75, 3.05) is 13.7 Å². The number of ether oxygens (including phenoxy) is 2. The molecule has 0 radical (unpaired) electrons. The van der Waals surface area contributed by atoms with Crippen LogP contribution in [0.4, 0.5) is 0 Å². The lowest BCUT2D eigenvalue weighted by atomic mass is 9.38. The van der Waals surface area contributed by atoms with Crippen molar-refractivity contribution < 1.29 is 29.2 Å². The monoisotopic (exact) mass is 430 g/mol. The predicted octanol–water partition coefficient (Wildman–Crippen LogP) is 3.32. The van der Waals surface area contributed by atoms with Gasteiger partial charge in [-0.15, -0.1) is 0 Å². The Morgan fingerprint density at radius 2 is 2.00 bits per heavy atom. The molecular weight excluding hydrogens is 400 g/mol. The number of carbonyl (C=O) groups is 2. The van der Waals surface area contributed by atoms with Crippen LogP contribution in [0.2, 0.25) is 19.6 Å². The summed E-state index contributed by atoms with van der Waals surface area (Å²) in [5.41, 5.74) is 1.63. The number of hydrogen-bond donors (Lipinski definition) is 1. The summed E-state index contributed by atoms with van der Waals surface area (Å²) < 4.78 is 11.9. The lowest BCUT2D eigenvalue weighted by molar-refractivity contribution is -0.363. The van der Waals surface area contributed by atoms with E-state index in [1.807, 2.05) is 19.1 Å². The molecule has 6 rings (SSSR count). The zero-order chi connectivity index (χ0) is 21.7. The summed E-state index contributed by atoms with van der Waals surface area (Å²) >= 11 is 0. The molecule has 4 bridgehead atoms. The molecule has 4 saturated carbocycles. The Morgan fingerprint density at radius 1 is 1.27 bits per heavy atom. The standard InChI is InChI=1S/C23H30O6Si/c1-21(29-26)18-9-6-13-15(7-8-17(13)24)22(18)16(10-11-30(3,4)5)14-12-28-23(27-2,19(14)21)20(22)25/h6,9-11,14-16,19,26H,7-8,12H2,1-5H3/b11-10+/t14-,15+,16-,19-,21-,22+,23-/m1/s1. The number of hydrogen-bond acceptors (Lipinski definition) is 6. The molecule has 5 fully saturated rings. The highest BCUT2D eigenvalue weighted by molar-refractivity contribution is 6.80. The van der Waals surface area contributed by atoms with Gasteiger partial charge >= 0.3 is 0 Å². The Balaban J connectivity index is 1.82. The fraction of sp³-hybridized carbons (Fsp3) is 0.652. The summed E-state index contributed by atoms with van der Waals surface area (Å²) in [6, 6.07) is 0. The van der Waals surface area contributed by atoms with Crippen LogP contribution in [-0.4, -0.2) is 50.0 Å². The summed E-state index contributed by atoms with van der Waals surface area (Å²) in [6.45, 7) is 8.97. The first-order valence-corrected chi connectivity index (χ1v) is 14.4. The van der Waals surface area contributed by atoms with Crippen LogP contribution in [0.3, 0.4) is 0 Å². The van der Waals surface area contributed by atoms with E-state index in [0.29, 0.717) is 25.0 Å². The lowest BCUT2D eigenvalue weighted by Gasteiger charge is -2.65. The van der Waals surface area contributed by atoms with Crippen molar-refractivity contribution in [2.45, 2.75) is 50.8 Å². The molecule has 0 aromatic carbocycles. The summed E-state index contributed by atoms with van der Waals surface area (Å²) in [5.74, 6) is -2.37. The van der Waals surface area contributed by atoms with Crippen molar-refractivity contribution in [1.82, 2.24) is 0 Å². The largest absolute Gasteiger partial charge is 0.347 e. The minimum absolute atomic E-state index is 0.0559. The van der Waals surface area contributed by atoms with Gasteiger partial charge in [0.15, 0.2) is 5.78 Å². The Bertz CT molecular complexity index is 928. The van der Waals surface area contributed by atoms with Gasteiger partial charge in [-0.2, -0.15) is 0 Å². The van der Waals surface area contributed by atoms with Crippen molar-refractivity contribution in [1.29, 1.82) is 0 Å². The topological polar surface area (TPSA) is 82.1 Å². The zero-order valence-corrected chi connectivity index (χ0v) is 19.2. The minimum Gasteiger partial charge on any atom is -0.347 e. The molecule has 5 aliphatic carbocycles. The van der Waals surface area contributed by atoms with E-state index in [4.69, 9.17) is 14.4 Å². The molecule has 6 aliphatic rings. The first-order chi connectivity index (χ1) is 14.1. The van der Waals surface area contributed by atoms with E-state index >= 15 is 0 Å². The summed E-state index contributed by atoms with van der Waals surface area (Å²) in [6.07, 6.45) is 6.96. The van der Waals surface area contributed by atoms with Crippen LogP contribution < -0.4 is 0 Å². The van der Waals surface area contributed by atoms with E-state index in [2.05, 4.69) is 31.4 Å². The van der Waals surface area contributed by atoms with Gasteiger partial charge in [0, 0.05) is 25.4 Å². The fourth-order valence-electron chi connectivity index (χ4n) is 7.21. The van der Waals surface area contributed by atoms with Gasteiger partial charge in [-0.05, 0) is 30.4 Å². The molecule has 1 heterocycles. The van der Waals surface area contributed by atoms with Crippen molar-refractivity contribution in [3.05, 3.63) is 35.1 Å². The van der Waals surface area contributed by atoms with Gasteiger partial charge in [-0.3, -0.25) is 14.8 Å². The maximum atomic E-state index is 14.4. The fourth-order valence-corrected chi connectivity index (χ4v) is 8.00. The normalized spacial score (nSPS) is 46.9. The maximum Gasteiger partial charge on any atom is 0.236 e. The minimum atomic E-state index is -1.54. The molecule has 1 N–H and O–H groups in total. The molecule has 0 aromatic heterocycles. The van der Waals surface area contributed by atoms with E-state index in [0.717, 1.165) is 5.57 Å². The van der Waals surface area contributed by atoms with Crippen molar-refractivity contribution in [2.24, 2.45) is 29.1 Å². The third-order valence-corrected chi connectivity index (χ3v) is 9.41. The number of fused-ring (bicyclic) bond motifs is 1. The molecule has 30 heavy (non-hydrogen) atoms. The van der Waals surface area contributed by atoms with Gasteiger partial charge in [-0.25, -0.2) is 4.89 Å². The predicted molar refractivity (Wildman–Crippen MR) is 112 cm³/mol. The molecule has 6 nitrogen and oxygen atoms in total. The van der Waals surface area contributed by atoms with E-state index in [1.165, 1.54) is 7.11 Å². The van der Waals surface area contributed by atoms with Gasteiger partial charge in [0.1, 0.15) is 5.60 Å². The maximum absolute atomic E-state index is 14.4. The number of methoxy groups -OCH3 is 1. The van der Waals surface area contributed by atoms with Gasteiger partial charge in [0.05, 0.1) is 26.0 Å². The van der Waals surface area contributed by atoms with E-state index in [1.54, 1.807) is 0 Å². The van der Waals surface area contributed by atoms with Crippen LogP contribution in [0.25, 0.3) is 0 Å². The number of allylic oxidation sites excluding steroid dienone is 4. The number of carbonyl (C=O) groups excluding carboxylic acids is 2. The lowest BCUT2D eigenvalue weighted by Crippen LogP contribution is -2.76. The zero-order valence-electron chi connectivity index (χ0n) is 18.2. The quantitative estimate of drug-likeness (QED) is 0.419. The average molecular weight is 431 g/mol. The van der Waals surface area contributed by atoms with Crippen molar-refractivity contribution in [3.63, 3.8) is 0 Å². The Labute approximate surface area is 177 Å². The summed E-state index contributed by atoms with van der Waals surface area (Å²) in [4.78, 5) is 32.2. The van der Waals surface area contributed by atoms with Crippen molar-refractivity contribution >= 4 is 19.6 Å². The molecule has 162 valence electrons. The third-order valence-electron chi connectivity index (χ3n) is 8.21. The van der Waals surface area contributed by atoms with Gasteiger partial charge in [0.25, 0.3) is 0 Å². The van der Waals surface area contributed by atoms with Gasteiger partial charge in [0.2, 0.25) is 11.6 Å². The van der Waals surface area contributed by atoms with Crippen LogP contribution in [-0.2, 0) is 24.0 Å². The summed E-state index contributed by atoms with van der Waals surface area (Å²) in [5, 5.41) is 10.1. The second-order valence-electron chi connectivity index (χ2n) is 10.7. The first-order valence-electron chi connectivity index (χ1n) is 10.8. The Kier molecular flexibility index (Phi) is 4.17. The Hall–Kier alpha value is -1.38. The van der Waals surface area contributed by atoms with E-state index in [-0.39, 0.29) is 29.3 Å². The van der Waals surface area contributed by atoms with Crippen LogP contribution in [0, 0.1) is 29.1 Å². The van der Waals surface area contributed by atoms with E-state index < -0.39 is 30.8 Å². The average Bonchev–Trinajstić information content (AvgIpc) is 3.26. The molecule has 7 atom stereocenters. The number of rotatable bonds is 4. The second-order valence-corrected chi connectivity index (χ2v) is 15.8. The molecule has 7 heteroatoms. The third kappa shape index (κ3) is 2.13. The highest BCUT2D eigenvalue weighted by atomic mass is 28.3. The molecule has 0 amide bonds. The molecular formula is C23H30O6Si. The van der Waals surface area contributed by atoms with Crippen LogP contribution in [0.1, 0.15) is 19.8 Å². The molecule has 1 saturated heterocycles. The first kappa shape index (κ1) is 20.5. The number of Topliss-reactive ketones (excluding diaryl/α,β-unsaturated/α-hetero) is 2. The summed E-state index contributed by atoms with van der Waals surface area (Å²) in [7, 11) is -0.0519. The molecule has 1 aliphatic heterocycles.